The van der Waals surface area contributed by atoms with Crippen molar-refractivity contribution in [3.05, 3.63) is 92.9 Å². The Balaban J connectivity index is 1.71. The van der Waals surface area contributed by atoms with Gasteiger partial charge in [0, 0.05) is 22.0 Å². The Labute approximate surface area is 224 Å². The molecule has 3 rings (SSSR count). The van der Waals surface area contributed by atoms with Crippen molar-refractivity contribution in [3.8, 4) is 11.5 Å². The van der Waals surface area contributed by atoms with E-state index < -0.39 is 24.0 Å². The van der Waals surface area contributed by atoms with Crippen LogP contribution in [0.1, 0.15) is 18.1 Å². The molecule has 2 atom stereocenters. The molecule has 3 aromatic rings. The summed E-state index contributed by atoms with van der Waals surface area (Å²) in [4.78, 5) is 25.9. The number of rotatable bonds is 10. The van der Waals surface area contributed by atoms with Gasteiger partial charge in [0.1, 0.15) is 17.5 Å². The lowest BCUT2D eigenvalue weighted by Gasteiger charge is -2.21. The average Bonchev–Trinajstić information content (AvgIpc) is 2.86. The van der Waals surface area contributed by atoms with Gasteiger partial charge in [0.25, 0.3) is 11.8 Å². The quantitative estimate of drug-likeness (QED) is 0.266. The molecule has 7 nitrogen and oxygen atoms in total. The minimum atomic E-state index is -0.936. The summed E-state index contributed by atoms with van der Waals surface area (Å²) in [5.74, 6) is -0.176. The molecule has 0 aliphatic heterocycles. The standard InChI is InChI=1S/C26H24Cl3N3O4/c1-16(36-24-11-9-20(28)14-21(24)29)25(33)31-22(12-17-6-4-3-5-7-17)26(34)32-30-15-18-13-19(27)8-10-23(18)35-2/h3-11,13-16,22H,12H2,1-2H3,(H,31,33)(H,32,34)/b30-15-/t16-,22+/m0/s1. The minimum Gasteiger partial charge on any atom is -0.496 e. The van der Waals surface area contributed by atoms with E-state index in [4.69, 9.17) is 44.3 Å². The van der Waals surface area contributed by atoms with Crippen LogP contribution in [0.5, 0.6) is 11.5 Å². The van der Waals surface area contributed by atoms with Gasteiger partial charge in [0.05, 0.1) is 18.3 Å². The maximum absolute atomic E-state index is 13.0. The number of carbonyl (C=O) groups excluding carboxylic acids is 2. The molecule has 0 aromatic heterocycles. The highest BCUT2D eigenvalue weighted by molar-refractivity contribution is 6.35. The van der Waals surface area contributed by atoms with Crippen molar-refractivity contribution in [2.24, 2.45) is 5.10 Å². The van der Waals surface area contributed by atoms with Crippen molar-refractivity contribution in [2.75, 3.05) is 7.11 Å². The Hall–Kier alpha value is -3.26. The van der Waals surface area contributed by atoms with Gasteiger partial charge in [-0.2, -0.15) is 5.10 Å². The number of benzene rings is 3. The van der Waals surface area contributed by atoms with Crippen LogP contribution in [-0.4, -0.2) is 37.3 Å². The first-order valence-corrected chi connectivity index (χ1v) is 12.0. The number of ether oxygens (including phenoxy) is 2. The van der Waals surface area contributed by atoms with E-state index in [1.807, 2.05) is 30.3 Å². The maximum Gasteiger partial charge on any atom is 0.262 e. The Morgan fingerprint density at radius 3 is 2.28 bits per heavy atom. The number of hydrogen-bond donors (Lipinski definition) is 2. The molecule has 188 valence electrons. The van der Waals surface area contributed by atoms with E-state index in [0.717, 1.165) is 5.56 Å². The molecule has 0 saturated heterocycles. The maximum atomic E-state index is 13.0. The minimum absolute atomic E-state index is 0.239. The fourth-order valence-electron chi connectivity index (χ4n) is 3.21. The summed E-state index contributed by atoms with van der Waals surface area (Å²) in [6.45, 7) is 1.56. The van der Waals surface area contributed by atoms with E-state index >= 15 is 0 Å². The van der Waals surface area contributed by atoms with E-state index in [0.29, 0.717) is 27.1 Å². The molecule has 2 amide bonds. The van der Waals surface area contributed by atoms with Crippen LogP contribution in [0.2, 0.25) is 15.1 Å². The number of hydrogen-bond acceptors (Lipinski definition) is 5. The van der Waals surface area contributed by atoms with Crippen molar-refractivity contribution in [1.29, 1.82) is 0 Å². The number of carbonyl (C=O) groups is 2. The highest BCUT2D eigenvalue weighted by atomic mass is 35.5. The highest BCUT2D eigenvalue weighted by Gasteiger charge is 2.25. The summed E-state index contributed by atoms with van der Waals surface area (Å²) in [7, 11) is 1.52. The first-order chi connectivity index (χ1) is 17.3. The Morgan fingerprint density at radius 2 is 1.61 bits per heavy atom. The Kier molecular flexibility index (Phi) is 9.99. The second-order valence-electron chi connectivity index (χ2n) is 7.71. The van der Waals surface area contributed by atoms with Crippen molar-refractivity contribution in [1.82, 2.24) is 10.7 Å². The van der Waals surface area contributed by atoms with Crippen molar-refractivity contribution in [2.45, 2.75) is 25.5 Å². The molecule has 3 aromatic carbocycles. The van der Waals surface area contributed by atoms with E-state index in [9.17, 15) is 9.59 Å². The zero-order valence-corrected chi connectivity index (χ0v) is 21.8. The van der Waals surface area contributed by atoms with Crippen molar-refractivity contribution in [3.63, 3.8) is 0 Å². The smallest absolute Gasteiger partial charge is 0.262 e. The fraction of sp³-hybridized carbons (Fsp3) is 0.192. The number of hydrazone groups is 1. The molecule has 0 heterocycles. The van der Waals surface area contributed by atoms with Crippen molar-refractivity contribution >= 4 is 52.8 Å². The Morgan fingerprint density at radius 1 is 0.944 bits per heavy atom. The summed E-state index contributed by atoms with van der Waals surface area (Å²) >= 11 is 18.1. The summed E-state index contributed by atoms with van der Waals surface area (Å²) in [5.41, 5.74) is 3.91. The molecule has 2 N–H and O–H groups in total. The zero-order chi connectivity index (χ0) is 26.1. The molecular weight excluding hydrogens is 525 g/mol. The number of methoxy groups -OCH3 is 1. The molecule has 36 heavy (non-hydrogen) atoms. The van der Waals surface area contributed by atoms with Crippen molar-refractivity contribution < 1.29 is 19.1 Å². The van der Waals surface area contributed by atoms with Crippen LogP contribution < -0.4 is 20.2 Å². The molecule has 0 aliphatic rings. The predicted molar refractivity (Wildman–Crippen MR) is 142 cm³/mol. The molecule has 0 radical (unpaired) electrons. The lowest BCUT2D eigenvalue weighted by Crippen LogP contribution is -2.50. The first kappa shape index (κ1) is 27.3. The topological polar surface area (TPSA) is 89.0 Å². The third kappa shape index (κ3) is 7.88. The Bertz CT molecular complexity index is 1240. The summed E-state index contributed by atoms with van der Waals surface area (Å²) < 4.78 is 11.0. The average molecular weight is 549 g/mol. The summed E-state index contributed by atoms with van der Waals surface area (Å²) in [5, 5.41) is 7.96. The molecule has 0 fully saturated rings. The summed E-state index contributed by atoms with van der Waals surface area (Å²) in [6.07, 6.45) is 0.718. The van der Waals surface area contributed by atoms with Gasteiger partial charge in [-0.1, -0.05) is 65.1 Å². The largest absolute Gasteiger partial charge is 0.496 e. The molecule has 0 unspecified atom stereocenters. The van der Waals surface area contributed by atoms with Gasteiger partial charge >= 0.3 is 0 Å². The number of nitrogens with zero attached hydrogens (tertiary/aromatic N) is 1. The van der Waals surface area contributed by atoms with Gasteiger partial charge in [-0.25, -0.2) is 5.43 Å². The normalized spacial score (nSPS) is 12.6. The second kappa shape index (κ2) is 13.2. The zero-order valence-electron chi connectivity index (χ0n) is 19.5. The molecule has 0 bridgehead atoms. The molecule has 0 saturated carbocycles. The van der Waals surface area contributed by atoms with Gasteiger partial charge in [-0.3, -0.25) is 9.59 Å². The molecule has 10 heteroatoms. The highest BCUT2D eigenvalue weighted by Crippen LogP contribution is 2.28. The SMILES string of the molecule is COc1ccc(Cl)cc1/C=N\NC(=O)[C@@H](Cc1ccccc1)NC(=O)[C@H](C)Oc1ccc(Cl)cc1Cl. The van der Waals surface area contributed by atoms with Gasteiger partial charge in [-0.15, -0.1) is 0 Å². The summed E-state index contributed by atoms with van der Waals surface area (Å²) in [6, 6.07) is 18.1. The third-order valence-electron chi connectivity index (χ3n) is 5.05. The molecular formula is C26H24Cl3N3O4. The third-order valence-corrected chi connectivity index (χ3v) is 5.82. The lowest BCUT2D eigenvalue weighted by molar-refractivity contribution is -0.132. The van der Waals surface area contributed by atoms with Crippen LogP contribution in [-0.2, 0) is 16.0 Å². The van der Waals surface area contributed by atoms with Crippen LogP contribution in [0.25, 0.3) is 0 Å². The molecule has 0 aliphatic carbocycles. The van der Waals surface area contributed by atoms with Crippen LogP contribution in [0.15, 0.2) is 71.8 Å². The van der Waals surface area contributed by atoms with Crippen LogP contribution >= 0.6 is 34.8 Å². The lowest BCUT2D eigenvalue weighted by atomic mass is 10.1. The van der Waals surface area contributed by atoms with E-state index in [-0.39, 0.29) is 11.4 Å². The van der Waals surface area contributed by atoms with Crippen LogP contribution in [0.3, 0.4) is 0 Å². The fourth-order valence-corrected chi connectivity index (χ4v) is 3.85. The number of halogens is 3. The van der Waals surface area contributed by atoms with Gasteiger partial charge in [0.15, 0.2) is 6.10 Å². The van der Waals surface area contributed by atoms with E-state index in [1.165, 1.54) is 19.4 Å². The molecule has 0 spiro atoms. The first-order valence-electron chi connectivity index (χ1n) is 10.9. The van der Waals surface area contributed by atoms with Crippen LogP contribution in [0, 0.1) is 0 Å². The predicted octanol–water partition coefficient (Wildman–Crippen LogP) is 5.30. The van der Waals surface area contributed by atoms with Crippen LogP contribution in [0.4, 0.5) is 0 Å². The second-order valence-corrected chi connectivity index (χ2v) is 8.99. The van der Waals surface area contributed by atoms with E-state index in [1.54, 1.807) is 37.3 Å². The number of amides is 2. The van der Waals surface area contributed by atoms with Gasteiger partial charge in [0.2, 0.25) is 0 Å². The monoisotopic (exact) mass is 547 g/mol. The van der Waals surface area contributed by atoms with E-state index in [2.05, 4.69) is 15.8 Å². The number of nitrogens with one attached hydrogen (secondary N) is 2. The van der Waals surface area contributed by atoms with Gasteiger partial charge < -0.3 is 14.8 Å². The van der Waals surface area contributed by atoms with Gasteiger partial charge in [-0.05, 0) is 48.9 Å².